The summed E-state index contributed by atoms with van der Waals surface area (Å²) in [6.45, 7) is 5.97. The van der Waals surface area contributed by atoms with Crippen molar-refractivity contribution < 1.29 is 13.4 Å². The zero-order valence-corrected chi connectivity index (χ0v) is 13.4. The molecule has 0 saturated carbocycles. The summed E-state index contributed by atoms with van der Waals surface area (Å²) in [7, 11) is 4.00. The summed E-state index contributed by atoms with van der Waals surface area (Å²) in [5.41, 5.74) is 5.11. The Morgan fingerprint density at radius 3 is 2.57 bits per heavy atom. The van der Waals surface area contributed by atoms with Gasteiger partial charge in [-0.25, -0.2) is 4.63 Å². The standard InChI is InChI=1S/C12H18N4O.H3NO2S/c1-8-7-10(16(4)6-5-13-3)12-11(9(8)2)14-17-15-12;1-4(2)3/h7,13H,5-6H2,1-4H3;1H2,(H,2,3)/p-1. The molecule has 21 heavy (non-hydrogen) atoms. The number of hydrogen-bond acceptors (Lipinski definition) is 7. The van der Waals surface area contributed by atoms with Crippen molar-refractivity contribution in [2.45, 2.75) is 13.8 Å². The van der Waals surface area contributed by atoms with E-state index < -0.39 is 11.3 Å². The third kappa shape index (κ3) is 4.74. The molecular weight excluding hydrogens is 294 g/mol. The summed E-state index contributed by atoms with van der Waals surface area (Å²) in [5.74, 6) is 0. The molecule has 0 aliphatic rings. The highest BCUT2D eigenvalue weighted by Gasteiger charge is 2.14. The summed E-state index contributed by atoms with van der Waals surface area (Å²) >= 11 is -2.36. The predicted molar refractivity (Wildman–Crippen MR) is 81.6 cm³/mol. The molecule has 1 aromatic heterocycles. The summed E-state index contributed by atoms with van der Waals surface area (Å²) < 4.78 is 22.4. The monoisotopic (exact) mass is 314 g/mol. The smallest absolute Gasteiger partial charge is 0.158 e. The van der Waals surface area contributed by atoms with Crippen molar-refractivity contribution >= 4 is 28.0 Å². The summed E-state index contributed by atoms with van der Waals surface area (Å²) in [5, 5.41) is 15.1. The number of hydrogen-bond donors (Lipinski definition) is 2. The molecule has 0 saturated heterocycles. The van der Waals surface area contributed by atoms with Crippen LogP contribution in [0.25, 0.3) is 11.0 Å². The van der Waals surface area contributed by atoms with E-state index in [2.05, 4.69) is 45.7 Å². The van der Waals surface area contributed by atoms with Crippen LogP contribution in [0.3, 0.4) is 0 Å². The maximum atomic E-state index is 8.78. The van der Waals surface area contributed by atoms with Crippen LogP contribution in [-0.2, 0) is 11.3 Å². The van der Waals surface area contributed by atoms with Gasteiger partial charge in [0, 0.05) is 31.4 Å². The highest BCUT2D eigenvalue weighted by molar-refractivity contribution is 7.76. The van der Waals surface area contributed by atoms with Gasteiger partial charge in [0.05, 0.1) is 5.69 Å². The van der Waals surface area contributed by atoms with E-state index in [9.17, 15) is 0 Å². The first-order valence-corrected chi connectivity index (χ1v) is 7.44. The largest absolute Gasteiger partial charge is 0.760 e. The van der Waals surface area contributed by atoms with Gasteiger partial charge < -0.3 is 14.8 Å². The minimum Gasteiger partial charge on any atom is -0.760 e. The molecule has 1 heterocycles. The Morgan fingerprint density at radius 1 is 1.43 bits per heavy atom. The Bertz CT molecular complexity index is 612. The molecule has 8 nitrogen and oxygen atoms in total. The second-order valence-corrected chi connectivity index (χ2v) is 5.11. The van der Waals surface area contributed by atoms with Crippen molar-refractivity contribution in [2.75, 3.05) is 32.1 Å². The normalized spacial score (nSPS) is 11.9. The molecule has 3 N–H and O–H groups in total. The quantitative estimate of drug-likeness (QED) is 0.775. The Balaban J connectivity index is 0.000000491. The number of rotatable bonds is 4. The topological polar surface area (TPSA) is 120 Å². The lowest BCUT2D eigenvalue weighted by Crippen LogP contribution is -2.27. The third-order valence-corrected chi connectivity index (χ3v) is 3.14. The van der Waals surface area contributed by atoms with Crippen LogP contribution in [0.5, 0.6) is 0 Å². The average molecular weight is 314 g/mol. The van der Waals surface area contributed by atoms with E-state index in [0.29, 0.717) is 0 Å². The molecule has 0 amide bonds. The second kappa shape index (κ2) is 8.03. The first kappa shape index (κ1) is 17.5. The molecule has 118 valence electrons. The van der Waals surface area contributed by atoms with Crippen LogP contribution < -0.4 is 15.4 Å². The minimum absolute atomic E-state index is 0.840. The highest BCUT2D eigenvalue weighted by atomic mass is 32.2. The lowest BCUT2D eigenvalue weighted by molar-refractivity contribution is 0.315. The number of benzene rings is 1. The van der Waals surface area contributed by atoms with Gasteiger partial charge >= 0.3 is 0 Å². The molecule has 0 aliphatic carbocycles. The van der Waals surface area contributed by atoms with E-state index in [1.807, 2.05) is 14.0 Å². The van der Waals surface area contributed by atoms with Gasteiger partial charge in [0.2, 0.25) is 0 Å². The van der Waals surface area contributed by atoms with Crippen molar-refractivity contribution in [3.8, 4) is 0 Å². The van der Waals surface area contributed by atoms with Crippen molar-refractivity contribution in [2.24, 2.45) is 5.14 Å². The molecule has 0 fully saturated rings. The van der Waals surface area contributed by atoms with E-state index in [1.54, 1.807) is 0 Å². The van der Waals surface area contributed by atoms with E-state index >= 15 is 0 Å². The first-order valence-electron chi connectivity index (χ1n) is 6.30. The molecule has 0 aliphatic heterocycles. The van der Waals surface area contributed by atoms with Crippen LogP contribution in [0.2, 0.25) is 0 Å². The van der Waals surface area contributed by atoms with E-state index in [1.165, 1.54) is 5.56 Å². The third-order valence-electron chi connectivity index (χ3n) is 3.14. The number of nitrogens with two attached hydrogens (primary N) is 1. The summed E-state index contributed by atoms with van der Waals surface area (Å²) in [6.07, 6.45) is 0. The minimum atomic E-state index is -2.36. The van der Waals surface area contributed by atoms with Crippen LogP contribution in [0.4, 0.5) is 5.69 Å². The lowest BCUT2D eigenvalue weighted by atomic mass is 10.1. The summed E-state index contributed by atoms with van der Waals surface area (Å²) in [4.78, 5) is 2.16. The molecule has 0 radical (unpaired) electrons. The fraction of sp³-hybridized carbons (Fsp3) is 0.500. The van der Waals surface area contributed by atoms with Crippen LogP contribution >= 0.6 is 0 Å². The molecule has 1 atom stereocenters. The summed E-state index contributed by atoms with van der Waals surface area (Å²) in [6, 6.07) is 2.14. The number of aryl methyl sites for hydroxylation is 2. The number of fused-ring (bicyclic) bond motifs is 1. The van der Waals surface area contributed by atoms with Crippen molar-refractivity contribution in [1.82, 2.24) is 15.6 Å². The average Bonchev–Trinajstić information content (AvgIpc) is 2.89. The zero-order chi connectivity index (χ0) is 16.0. The molecule has 2 rings (SSSR count). The van der Waals surface area contributed by atoms with Crippen LogP contribution in [0.1, 0.15) is 11.1 Å². The Hall–Kier alpha value is -1.55. The molecule has 9 heteroatoms. The van der Waals surface area contributed by atoms with Gasteiger partial charge in [-0.15, -0.1) is 0 Å². The lowest BCUT2D eigenvalue weighted by Gasteiger charge is -2.20. The Kier molecular flexibility index (Phi) is 6.69. The number of likely N-dealkylation sites (N-methyl/N-ethyl adjacent to an activating group) is 2. The van der Waals surface area contributed by atoms with Gasteiger partial charge in [0.25, 0.3) is 0 Å². The van der Waals surface area contributed by atoms with Crippen molar-refractivity contribution in [1.29, 1.82) is 0 Å². The van der Waals surface area contributed by atoms with Gasteiger partial charge in [0.1, 0.15) is 5.52 Å². The van der Waals surface area contributed by atoms with Gasteiger partial charge in [0.15, 0.2) is 5.52 Å². The van der Waals surface area contributed by atoms with Crippen LogP contribution in [-0.4, -0.2) is 46.3 Å². The second-order valence-electron chi connectivity index (χ2n) is 4.58. The molecule has 2 aromatic rings. The first-order chi connectivity index (χ1) is 9.88. The maximum absolute atomic E-state index is 8.78. The van der Waals surface area contributed by atoms with E-state index in [-0.39, 0.29) is 0 Å². The predicted octanol–water partition coefficient (Wildman–Crippen LogP) is 0.234. The van der Waals surface area contributed by atoms with Crippen LogP contribution in [0, 0.1) is 13.8 Å². The highest BCUT2D eigenvalue weighted by Crippen LogP contribution is 2.28. The molecular formula is C12H20N5O3S-. The van der Waals surface area contributed by atoms with Gasteiger partial charge in [-0.2, -0.15) is 0 Å². The number of aromatic nitrogens is 2. The molecule has 1 unspecified atom stereocenters. The SMILES string of the molecule is CNCCN(C)c1cc(C)c(C)c2nonc12.NS(=O)[O-]. The van der Waals surface area contributed by atoms with Gasteiger partial charge in [-0.05, 0) is 48.4 Å². The fourth-order valence-electron chi connectivity index (χ4n) is 1.86. The van der Waals surface area contributed by atoms with Gasteiger partial charge in [-0.3, -0.25) is 9.35 Å². The van der Waals surface area contributed by atoms with Crippen molar-refractivity contribution in [3.05, 3.63) is 17.2 Å². The maximum Gasteiger partial charge on any atom is 0.158 e. The van der Waals surface area contributed by atoms with Crippen LogP contribution in [0.15, 0.2) is 10.7 Å². The van der Waals surface area contributed by atoms with Crippen molar-refractivity contribution in [3.63, 3.8) is 0 Å². The molecule has 1 aromatic carbocycles. The Labute approximate surface area is 126 Å². The number of nitrogens with one attached hydrogen (secondary N) is 1. The van der Waals surface area contributed by atoms with E-state index in [4.69, 9.17) is 13.4 Å². The number of anilines is 1. The number of nitrogens with zero attached hydrogens (tertiary/aromatic N) is 3. The Morgan fingerprint density at radius 2 is 2.00 bits per heavy atom. The van der Waals surface area contributed by atoms with E-state index in [0.717, 1.165) is 35.4 Å². The fourth-order valence-corrected chi connectivity index (χ4v) is 1.86. The molecule has 0 bridgehead atoms. The van der Waals surface area contributed by atoms with Gasteiger partial charge in [-0.1, -0.05) is 0 Å². The zero-order valence-electron chi connectivity index (χ0n) is 12.5. The molecule has 0 spiro atoms.